The molecule has 100 valence electrons. The lowest BCUT2D eigenvalue weighted by Gasteiger charge is -2.31. The molecule has 0 aliphatic carbocycles. The third-order valence-corrected chi connectivity index (χ3v) is 3.74. The number of aliphatic hydroxyl groups excluding tert-OH is 1. The molecule has 1 aromatic heterocycles. The summed E-state index contributed by atoms with van der Waals surface area (Å²) in [4.78, 5) is 14.3. The van der Waals surface area contributed by atoms with Gasteiger partial charge in [0.05, 0.1) is 5.52 Å². The van der Waals surface area contributed by atoms with Gasteiger partial charge in [0.15, 0.2) is 5.69 Å². The number of carbonyl (C=O) groups is 1. The van der Waals surface area contributed by atoms with Crippen LogP contribution in [0.5, 0.6) is 0 Å². The number of H-pyrrole nitrogens is 1. The molecule has 2 N–H and O–H groups in total. The number of rotatable bonds is 2. The van der Waals surface area contributed by atoms with E-state index in [9.17, 15) is 9.90 Å². The number of benzene rings is 1. The van der Waals surface area contributed by atoms with Gasteiger partial charge in [0.1, 0.15) is 0 Å². The molecule has 0 bridgehead atoms. The van der Waals surface area contributed by atoms with Crippen molar-refractivity contribution in [3.05, 3.63) is 30.0 Å². The molecule has 1 fully saturated rings. The summed E-state index contributed by atoms with van der Waals surface area (Å²) in [6, 6.07) is 7.63. The number of fused-ring (bicyclic) bond motifs is 1. The Kier molecular flexibility index (Phi) is 3.21. The van der Waals surface area contributed by atoms with E-state index >= 15 is 0 Å². The number of amides is 1. The highest BCUT2D eigenvalue weighted by molar-refractivity contribution is 6.04. The number of aliphatic hydroxyl groups is 1. The molecule has 1 amide bonds. The molecule has 1 atom stereocenters. The SMILES string of the molecule is O=C(c1n[nH]c2ccccc12)N1CCCC(CO)C1. The second-order valence-corrected chi connectivity index (χ2v) is 5.06. The number of nitrogens with one attached hydrogen (secondary N) is 1. The summed E-state index contributed by atoms with van der Waals surface area (Å²) in [5, 5.41) is 17.1. The van der Waals surface area contributed by atoms with Gasteiger partial charge in [0.25, 0.3) is 5.91 Å². The van der Waals surface area contributed by atoms with Gasteiger partial charge in [-0.15, -0.1) is 0 Å². The zero-order valence-corrected chi connectivity index (χ0v) is 10.7. The van der Waals surface area contributed by atoms with Gasteiger partial charge in [-0.3, -0.25) is 9.89 Å². The van der Waals surface area contributed by atoms with Gasteiger partial charge < -0.3 is 10.0 Å². The highest BCUT2D eigenvalue weighted by Crippen LogP contribution is 2.21. The zero-order chi connectivity index (χ0) is 13.2. The molecule has 3 rings (SSSR count). The molecular formula is C14H17N3O2. The third-order valence-electron chi connectivity index (χ3n) is 3.74. The van der Waals surface area contributed by atoms with Crippen LogP contribution < -0.4 is 0 Å². The van der Waals surface area contributed by atoms with Crippen molar-refractivity contribution >= 4 is 16.8 Å². The van der Waals surface area contributed by atoms with Crippen molar-refractivity contribution in [1.82, 2.24) is 15.1 Å². The first-order valence-electron chi connectivity index (χ1n) is 6.63. The predicted molar refractivity (Wildman–Crippen MR) is 71.8 cm³/mol. The summed E-state index contributed by atoms with van der Waals surface area (Å²) in [7, 11) is 0. The molecule has 2 aromatic rings. The molecule has 0 spiro atoms. The Labute approximate surface area is 111 Å². The van der Waals surface area contributed by atoms with E-state index in [4.69, 9.17) is 0 Å². The van der Waals surface area contributed by atoms with E-state index in [-0.39, 0.29) is 18.4 Å². The molecule has 1 saturated heterocycles. The van der Waals surface area contributed by atoms with Crippen LogP contribution in [0.15, 0.2) is 24.3 Å². The van der Waals surface area contributed by atoms with Gasteiger partial charge in [-0.2, -0.15) is 5.10 Å². The predicted octanol–water partition coefficient (Wildman–Crippen LogP) is 1.41. The van der Waals surface area contributed by atoms with Crippen molar-refractivity contribution in [3.8, 4) is 0 Å². The first-order chi connectivity index (χ1) is 9.29. The lowest BCUT2D eigenvalue weighted by molar-refractivity contribution is 0.0617. The summed E-state index contributed by atoms with van der Waals surface area (Å²) in [5.74, 6) is 0.151. The minimum Gasteiger partial charge on any atom is -0.396 e. The summed E-state index contributed by atoms with van der Waals surface area (Å²) in [6.45, 7) is 1.51. The van der Waals surface area contributed by atoms with Crippen molar-refractivity contribution in [2.45, 2.75) is 12.8 Å². The molecule has 19 heavy (non-hydrogen) atoms. The van der Waals surface area contributed by atoms with Crippen LogP contribution >= 0.6 is 0 Å². The number of para-hydroxylation sites is 1. The maximum absolute atomic E-state index is 12.5. The Morgan fingerprint density at radius 1 is 1.47 bits per heavy atom. The molecule has 2 heterocycles. The topological polar surface area (TPSA) is 69.2 Å². The van der Waals surface area contributed by atoms with Crippen molar-refractivity contribution in [3.63, 3.8) is 0 Å². The maximum atomic E-state index is 12.5. The van der Waals surface area contributed by atoms with Crippen molar-refractivity contribution < 1.29 is 9.90 Å². The van der Waals surface area contributed by atoms with Crippen molar-refractivity contribution in [1.29, 1.82) is 0 Å². The maximum Gasteiger partial charge on any atom is 0.275 e. The van der Waals surface area contributed by atoms with Crippen molar-refractivity contribution in [2.75, 3.05) is 19.7 Å². The van der Waals surface area contributed by atoms with Gasteiger partial charge in [-0.1, -0.05) is 18.2 Å². The van der Waals surface area contributed by atoms with E-state index in [0.29, 0.717) is 12.2 Å². The normalized spacial score (nSPS) is 19.8. The van der Waals surface area contributed by atoms with Crippen LogP contribution in [-0.2, 0) is 0 Å². The van der Waals surface area contributed by atoms with Crippen LogP contribution in [0.4, 0.5) is 0 Å². The summed E-state index contributed by atoms with van der Waals surface area (Å²) in [5.41, 5.74) is 1.36. The fourth-order valence-electron chi connectivity index (χ4n) is 2.67. The number of likely N-dealkylation sites (tertiary alicyclic amines) is 1. The van der Waals surface area contributed by atoms with E-state index in [1.54, 1.807) is 4.90 Å². The molecular weight excluding hydrogens is 242 g/mol. The molecule has 0 saturated carbocycles. The van der Waals surface area contributed by atoms with Gasteiger partial charge in [-0.25, -0.2) is 0 Å². The van der Waals surface area contributed by atoms with Gasteiger partial charge in [-0.05, 0) is 24.8 Å². The van der Waals surface area contributed by atoms with Gasteiger partial charge >= 0.3 is 0 Å². The Morgan fingerprint density at radius 2 is 2.32 bits per heavy atom. The van der Waals surface area contributed by atoms with Crippen molar-refractivity contribution in [2.24, 2.45) is 5.92 Å². The number of nitrogens with zero attached hydrogens (tertiary/aromatic N) is 2. The second-order valence-electron chi connectivity index (χ2n) is 5.06. The number of hydrogen-bond donors (Lipinski definition) is 2. The van der Waals surface area contributed by atoms with E-state index in [0.717, 1.165) is 30.3 Å². The molecule has 5 heteroatoms. The number of piperidine rings is 1. The standard InChI is InChI=1S/C14H17N3O2/c18-9-10-4-3-7-17(8-10)14(19)13-11-5-1-2-6-12(11)15-16-13/h1-2,5-6,10,18H,3-4,7-9H2,(H,15,16). The molecule has 1 aromatic carbocycles. The number of aromatic nitrogens is 2. The van der Waals surface area contributed by atoms with Crippen LogP contribution in [0.2, 0.25) is 0 Å². The van der Waals surface area contributed by atoms with E-state index in [2.05, 4.69) is 10.2 Å². The first-order valence-corrected chi connectivity index (χ1v) is 6.63. The van der Waals surface area contributed by atoms with Gasteiger partial charge in [0, 0.05) is 25.1 Å². The van der Waals surface area contributed by atoms with E-state index in [1.807, 2.05) is 24.3 Å². The summed E-state index contributed by atoms with van der Waals surface area (Å²) >= 11 is 0. The van der Waals surface area contributed by atoms with Crippen LogP contribution in [-0.4, -0.2) is 45.8 Å². The Bertz CT molecular complexity index is 593. The van der Waals surface area contributed by atoms with Gasteiger partial charge in [0.2, 0.25) is 0 Å². The largest absolute Gasteiger partial charge is 0.396 e. The second kappa shape index (κ2) is 5.01. The fraction of sp³-hybridized carbons (Fsp3) is 0.429. The van der Waals surface area contributed by atoms with Crippen LogP contribution in [0.3, 0.4) is 0 Å². The first kappa shape index (κ1) is 12.2. The third kappa shape index (κ3) is 2.21. The van der Waals surface area contributed by atoms with E-state index < -0.39 is 0 Å². The smallest absolute Gasteiger partial charge is 0.275 e. The minimum absolute atomic E-state index is 0.0457. The molecule has 5 nitrogen and oxygen atoms in total. The fourth-order valence-corrected chi connectivity index (χ4v) is 2.67. The average molecular weight is 259 g/mol. The summed E-state index contributed by atoms with van der Waals surface area (Å²) in [6.07, 6.45) is 1.93. The molecule has 1 aliphatic rings. The number of aromatic amines is 1. The van der Waals surface area contributed by atoms with Crippen LogP contribution in [0.25, 0.3) is 10.9 Å². The Morgan fingerprint density at radius 3 is 3.16 bits per heavy atom. The monoisotopic (exact) mass is 259 g/mol. The average Bonchev–Trinajstić information content (AvgIpc) is 2.90. The van der Waals surface area contributed by atoms with Crippen LogP contribution in [0.1, 0.15) is 23.3 Å². The van der Waals surface area contributed by atoms with E-state index in [1.165, 1.54) is 0 Å². The number of carbonyl (C=O) groups excluding carboxylic acids is 1. The van der Waals surface area contributed by atoms with Crippen LogP contribution in [0, 0.1) is 5.92 Å². The molecule has 1 aliphatic heterocycles. The number of hydrogen-bond acceptors (Lipinski definition) is 3. The highest BCUT2D eigenvalue weighted by Gasteiger charge is 2.26. The molecule has 0 radical (unpaired) electrons. The Balaban J connectivity index is 1.87. The Hall–Kier alpha value is -1.88. The quantitative estimate of drug-likeness (QED) is 0.856. The summed E-state index contributed by atoms with van der Waals surface area (Å²) < 4.78 is 0. The highest BCUT2D eigenvalue weighted by atomic mass is 16.3. The molecule has 1 unspecified atom stereocenters. The lowest BCUT2D eigenvalue weighted by atomic mass is 9.98. The zero-order valence-electron chi connectivity index (χ0n) is 10.7. The minimum atomic E-state index is -0.0457. The lowest BCUT2D eigenvalue weighted by Crippen LogP contribution is -2.41.